The summed E-state index contributed by atoms with van der Waals surface area (Å²) in [6.07, 6.45) is 2.09. The summed E-state index contributed by atoms with van der Waals surface area (Å²) in [5, 5.41) is 10.8. The molecular weight excluding hydrogens is 280 g/mol. The number of halogens is 1. The molecule has 1 aliphatic rings. The van der Waals surface area contributed by atoms with Crippen molar-refractivity contribution in [3.05, 3.63) is 50.1 Å². The number of hydrogen-bond donors (Lipinski definition) is 2. The zero-order chi connectivity index (χ0) is 14.3. The number of aromatic amines is 1. The van der Waals surface area contributed by atoms with Gasteiger partial charge in [0.1, 0.15) is 5.56 Å². The van der Waals surface area contributed by atoms with E-state index in [2.05, 4.69) is 4.98 Å². The molecule has 1 heterocycles. The Labute approximate surface area is 119 Å². The van der Waals surface area contributed by atoms with Gasteiger partial charge < -0.3 is 5.11 Å². The fourth-order valence-corrected chi connectivity index (χ4v) is 2.29. The summed E-state index contributed by atoms with van der Waals surface area (Å²) in [6, 6.07) is 6.54. The maximum absolute atomic E-state index is 11.9. The molecule has 0 radical (unpaired) electrons. The maximum Gasteiger partial charge on any atom is 0.331 e. The van der Waals surface area contributed by atoms with Crippen LogP contribution in [0.2, 0.25) is 5.02 Å². The number of H-pyrrole nitrogens is 1. The largest absolute Gasteiger partial charge is 0.494 e. The highest BCUT2D eigenvalue weighted by Gasteiger charge is 2.25. The molecule has 0 unspecified atom stereocenters. The van der Waals surface area contributed by atoms with Crippen molar-refractivity contribution < 1.29 is 5.11 Å². The Morgan fingerprint density at radius 3 is 2.50 bits per heavy atom. The van der Waals surface area contributed by atoms with Gasteiger partial charge in [-0.1, -0.05) is 23.7 Å². The van der Waals surface area contributed by atoms with Crippen LogP contribution in [0.4, 0.5) is 0 Å². The van der Waals surface area contributed by atoms with E-state index in [9.17, 15) is 14.7 Å². The summed E-state index contributed by atoms with van der Waals surface area (Å²) in [6.45, 7) is 0.433. The van der Waals surface area contributed by atoms with Gasteiger partial charge in [-0.25, -0.2) is 4.79 Å². The maximum atomic E-state index is 11.9. The molecule has 1 fully saturated rings. The molecule has 0 atom stereocenters. The van der Waals surface area contributed by atoms with Crippen molar-refractivity contribution >= 4 is 11.6 Å². The molecule has 0 aliphatic heterocycles. The number of nitrogens with zero attached hydrogens (tertiary/aromatic N) is 1. The topological polar surface area (TPSA) is 75.1 Å². The summed E-state index contributed by atoms with van der Waals surface area (Å²) < 4.78 is 1.23. The van der Waals surface area contributed by atoms with E-state index in [1.807, 2.05) is 0 Å². The molecule has 3 rings (SSSR count). The Hall–Kier alpha value is -2.01. The molecule has 2 aromatic rings. The van der Waals surface area contributed by atoms with Crippen molar-refractivity contribution in [1.29, 1.82) is 0 Å². The average molecular weight is 293 g/mol. The summed E-state index contributed by atoms with van der Waals surface area (Å²) in [4.78, 5) is 26.0. The summed E-state index contributed by atoms with van der Waals surface area (Å²) >= 11 is 5.81. The minimum absolute atomic E-state index is 0.0990. The molecule has 2 N–H and O–H groups in total. The van der Waals surface area contributed by atoms with Crippen LogP contribution in [0.3, 0.4) is 0 Å². The first kappa shape index (κ1) is 13.0. The Bertz CT molecular complexity index is 757. The van der Waals surface area contributed by atoms with Crippen molar-refractivity contribution in [3.63, 3.8) is 0 Å². The van der Waals surface area contributed by atoms with Crippen molar-refractivity contribution in [3.8, 4) is 17.0 Å². The lowest BCUT2D eigenvalue weighted by Gasteiger charge is -2.11. The summed E-state index contributed by atoms with van der Waals surface area (Å²) in [7, 11) is 0. The minimum atomic E-state index is -0.595. The third-order valence-corrected chi connectivity index (χ3v) is 3.69. The van der Waals surface area contributed by atoms with E-state index in [0.29, 0.717) is 23.0 Å². The van der Waals surface area contributed by atoms with Crippen LogP contribution < -0.4 is 11.2 Å². The van der Waals surface area contributed by atoms with Crippen LogP contribution in [0.15, 0.2) is 33.9 Å². The zero-order valence-corrected chi connectivity index (χ0v) is 11.4. The molecular formula is C14H13ClN2O3. The van der Waals surface area contributed by atoms with Crippen LogP contribution in [0.25, 0.3) is 11.1 Å². The van der Waals surface area contributed by atoms with Gasteiger partial charge in [-0.15, -0.1) is 0 Å². The molecule has 1 aliphatic carbocycles. The minimum Gasteiger partial charge on any atom is -0.494 e. The lowest BCUT2D eigenvalue weighted by atomic mass is 10.1. The number of rotatable bonds is 3. The molecule has 0 spiro atoms. The van der Waals surface area contributed by atoms with Crippen LogP contribution >= 0.6 is 11.6 Å². The first-order chi connectivity index (χ1) is 9.56. The van der Waals surface area contributed by atoms with Crippen LogP contribution in [0.1, 0.15) is 12.8 Å². The van der Waals surface area contributed by atoms with E-state index in [0.717, 1.165) is 12.8 Å². The number of hydrogen-bond acceptors (Lipinski definition) is 3. The van der Waals surface area contributed by atoms with E-state index >= 15 is 0 Å². The quantitative estimate of drug-likeness (QED) is 0.908. The molecule has 0 saturated heterocycles. The fourth-order valence-electron chi connectivity index (χ4n) is 2.16. The lowest BCUT2D eigenvalue weighted by Crippen LogP contribution is -2.31. The van der Waals surface area contributed by atoms with Gasteiger partial charge in [0.05, 0.1) is 0 Å². The van der Waals surface area contributed by atoms with Crippen molar-refractivity contribution in [2.45, 2.75) is 19.4 Å². The van der Waals surface area contributed by atoms with Gasteiger partial charge in [0.15, 0.2) is 0 Å². The molecule has 20 heavy (non-hydrogen) atoms. The third kappa shape index (κ3) is 2.36. The Balaban J connectivity index is 2.16. The van der Waals surface area contributed by atoms with Gasteiger partial charge in [0.25, 0.3) is 5.56 Å². The van der Waals surface area contributed by atoms with Gasteiger partial charge in [-0.05, 0) is 36.5 Å². The number of benzene rings is 1. The van der Waals surface area contributed by atoms with E-state index < -0.39 is 11.2 Å². The average Bonchev–Trinajstić information content (AvgIpc) is 3.20. The molecule has 1 aromatic carbocycles. The summed E-state index contributed by atoms with van der Waals surface area (Å²) in [5.41, 5.74) is -0.543. The highest BCUT2D eigenvalue weighted by atomic mass is 35.5. The second-order valence-electron chi connectivity index (χ2n) is 5.02. The first-order valence-electron chi connectivity index (χ1n) is 6.38. The normalized spacial score (nSPS) is 14.4. The van der Waals surface area contributed by atoms with Crippen LogP contribution in [-0.4, -0.2) is 14.7 Å². The Morgan fingerprint density at radius 2 is 1.90 bits per heavy atom. The van der Waals surface area contributed by atoms with Gasteiger partial charge >= 0.3 is 5.69 Å². The number of nitrogens with one attached hydrogen (secondary N) is 1. The third-order valence-electron chi connectivity index (χ3n) is 3.44. The van der Waals surface area contributed by atoms with Crippen LogP contribution in [0.5, 0.6) is 5.88 Å². The van der Waals surface area contributed by atoms with E-state index in [1.54, 1.807) is 24.3 Å². The number of aromatic hydroxyl groups is 1. The molecule has 0 bridgehead atoms. The van der Waals surface area contributed by atoms with Crippen molar-refractivity contribution in [1.82, 2.24) is 9.55 Å². The SMILES string of the molecule is O=c1[nH]c(=O)n(CC2CC2)c(O)c1-c1ccc(Cl)cc1. The molecule has 0 amide bonds. The van der Waals surface area contributed by atoms with E-state index in [1.165, 1.54) is 4.57 Å². The highest BCUT2D eigenvalue weighted by molar-refractivity contribution is 6.30. The standard InChI is InChI=1S/C14H13ClN2O3/c15-10-5-3-9(4-6-10)11-12(18)16-14(20)17(13(11)19)7-8-1-2-8/h3-6,8,19H,1-2,7H2,(H,16,18,20). The predicted molar refractivity (Wildman–Crippen MR) is 76.2 cm³/mol. The molecule has 1 aromatic heterocycles. The van der Waals surface area contributed by atoms with Crippen LogP contribution in [0, 0.1) is 5.92 Å². The number of aromatic nitrogens is 2. The first-order valence-corrected chi connectivity index (χ1v) is 6.76. The van der Waals surface area contributed by atoms with Crippen molar-refractivity contribution in [2.75, 3.05) is 0 Å². The highest BCUT2D eigenvalue weighted by Crippen LogP contribution is 2.32. The molecule has 6 heteroatoms. The Kier molecular flexibility index (Phi) is 3.14. The van der Waals surface area contributed by atoms with Crippen molar-refractivity contribution in [2.24, 2.45) is 5.92 Å². The molecule has 5 nitrogen and oxygen atoms in total. The van der Waals surface area contributed by atoms with Gasteiger partial charge in [0, 0.05) is 11.6 Å². The van der Waals surface area contributed by atoms with Gasteiger partial charge in [-0.3, -0.25) is 14.3 Å². The van der Waals surface area contributed by atoms with Crippen LogP contribution in [-0.2, 0) is 6.54 Å². The molecule has 1 saturated carbocycles. The van der Waals surface area contributed by atoms with Gasteiger partial charge in [-0.2, -0.15) is 0 Å². The fraction of sp³-hybridized carbons (Fsp3) is 0.286. The molecule has 104 valence electrons. The smallest absolute Gasteiger partial charge is 0.331 e. The predicted octanol–water partition coefficient (Wildman–Crippen LogP) is 1.97. The monoisotopic (exact) mass is 292 g/mol. The zero-order valence-electron chi connectivity index (χ0n) is 10.6. The van der Waals surface area contributed by atoms with Gasteiger partial charge in [0.2, 0.25) is 5.88 Å². The second kappa shape index (κ2) is 4.83. The van der Waals surface area contributed by atoms with E-state index in [4.69, 9.17) is 11.6 Å². The summed E-state index contributed by atoms with van der Waals surface area (Å²) in [5.74, 6) is 0.121. The lowest BCUT2D eigenvalue weighted by molar-refractivity contribution is 0.395. The van der Waals surface area contributed by atoms with E-state index in [-0.39, 0.29) is 11.4 Å². The second-order valence-corrected chi connectivity index (χ2v) is 5.46. The Morgan fingerprint density at radius 1 is 1.25 bits per heavy atom.